The minimum Gasteiger partial charge on any atom is -0.356 e. The van der Waals surface area contributed by atoms with Crippen LogP contribution in [0, 0.1) is 0 Å². The second-order valence-corrected chi connectivity index (χ2v) is 6.91. The summed E-state index contributed by atoms with van der Waals surface area (Å²) in [5.74, 6) is 0. The lowest BCUT2D eigenvalue weighted by Crippen LogP contribution is -1.89. The van der Waals surface area contributed by atoms with Crippen LogP contribution in [-0.2, 0) is 0 Å². The second kappa shape index (κ2) is 9.94. The average Bonchev–Trinajstić information content (AvgIpc) is 2.82. The van der Waals surface area contributed by atoms with Crippen LogP contribution in [0.4, 0.5) is 22.7 Å². The Hall–Kier alpha value is -4.04. The van der Waals surface area contributed by atoms with Crippen molar-refractivity contribution >= 4 is 33.5 Å². The molecule has 0 bridgehead atoms. The van der Waals surface area contributed by atoms with Gasteiger partial charge in [0.15, 0.2) is 0 Å². The highest BCUT2D eigenvalue weighted by molar-refractivity contribution is 5.86. The van der Waals surface area contributed by atoms with Crippen LogP contribution in [0.25, 0.3) is 10.8 Å². The number of nitrogens with one attached hydrogen (secondary N) is 2. The molecule has 146 valence electrons. The molecule has 0 saturated heterocycles. The molecule has 0 aliphatic heterocycles. The van der Waals surface area contributed by atoms with Crippen molar-refractivity contribution in [3.8, 4) is 0 Å². The molecule has 0 aliphatic rings. The van der Waals surface area contributed by atoms with E-state index >= 15 is 0 Å². The molecule has 0 aliphatic carbocycles. The first kappa shape index (κ1) is 19.3. The van der Waals surface area contributed by atoms with Crippen molar-refractivity contribution in [1.29, 1.82) is 0 Å². The molecule has 0 spiro atoms. The van der Waals surface area contributed by atoms with E-state index in [0.717, 1.165) is 22.7 Å². The lowest BCUT2D eigenvalue weighted by Gasteiger charge is -2.07. The summed E-state index contributed by atoms with van der Waals surface area (Å²) in [6.07, 6.45) is 0. The van der Waals surface area contributed by atoms with Gasteiger partial charge in [0.25, 0.3) is 0 Å². The van der Waals surface area contributed by atoms with Crippen molar-refractivity contribution in [2.45, 2.75) is 0 Å². The van der Waals surface area contributed by atoms with Crippen molar-refractivity contribution in [3.63, 3.8) is 0 Å². The molecule has 0 atom stereocenters. The first-order chi connectivity index (χ1) is 14.9. The van der Waals surface area contributed by atoms with Crippen LogP contribution in [-0.4, -0.2) is 0 Å². The number of hydrogen-bond acceptors (Lipinski definition) is 2. The zero-order valence-electron chi connectivity index (χ0n) is 16.7. The van der Waals surface area contributed by atoms with Gasteiger partial charge in [-0.1, -0.05) is 84.9 Å². The number of anilines is 4. The van der Waals surface area contributed by atoms with Gasteiger partial charge in [-0.25, -0.2) is 0 Å². The van der Waals surface area contributed by atoms with E-state index in [1.54, 1.807) is 0 Å². The first-order valence-corrected chi connectivity index (χ1v) is 10.0. The second-order valence-electron chi connectivity index (χ2n) is 6.91. The number of para-hydroxylation sites is 3. The molecule has 0 amide bonds. The molecule has 5 rings (SSSR count). The molecular formula is C28H24N2. The Kier molecular flexibility index (Phi) is 6.39. The van der Waals surface area contributed by atoms with Gasteiger partial charge in [0, 0.05) is 22.7 Å². The third-order valence-corrected chi connectivity index (χ3v) is 4.65. The van der Waals surface area contributed by atoms with Gasteiger partial charge in [-0.2, -0.15) is 0 Å². The maximum absolute atomic E-state index is 3.40. The van der Waals surface area contributed by atoms with Gasteiger partial charge in [-0.15, -0.1) is 0 Å². The molecule has 0 radical (unpaired) electrons. The minimum absolute atomic E-state index is 1.11. The van der Waals surface area contributed by atoms with E-state index in [1.807, 2.05) is 78.9 Å². The van der Waals surface area contributed by atoms with Crippen LogP contribution in [0.1, 0.15) is 0 Å². The highest BCUT2D eigenvalue weighted by Gasteiger charge is 1.96. The molecule has 0 aromatic heterocycles. The van der Waals surface area contributed by atoms with Crippen LogP contribution >= 0.6 is 0 Å². The van der Waals surface area contributed by atoms with E-state index in [9.17, 15) is 0 Å². The zero-order valence-corrected chi connectivity index (χ0v) is 16.7. The maximum Gasteiger partial charge on any atom is 0.0390 e. The van der Waals surface area contributed by atoms with Crippen LogP contribution in [0.3, 0.4) is 0 Å². The smallest absolute Gasteiger partial charge is 0.0390 e. The molecule has 0 unspecified atom stereocenters. The predicted molar refractivity (Wildman–Crippen MR) is 130 cm³/mol. The molecule has 2 N–H and O–H groups in total. The predicted octanol–water partition coefficient (Wildman–Crippen LogP) is 8.01. The van der Waals surface area contributed by atoms with Crippen molar-refractivity contribution in [2.75, 3.05) is 10.6 Å². The molecule has 5 aromatic rings. The van der Waals surface area contributed by atoms with Crippen molar-refractivity contribution in [1.82, 2.24) is 0 Å². The van der Waals surface area contributed by atoms with Crippen LogP contribution < -0.4 is 10.6 Å². The Morgan fingerprint density at radius 3 is 1.20 bits per heavy atom. The number of rotatable bonds is 4. The third kappa shape index (κ3) is 5.49. The van der Waals surface area contributed by atoms with E-state index < -0.39 is 0 Å². The van der Waals surface area contributed by atoms with Gasteiger partial charge in [0.2, 0.25) is 0 Å². The highest BCUT2D eigenvalue weighted by atomic mass is 14.9. The van der Waals surface area contributed by atoms with Gasteiger partial charge >= 0.3 is 0 Å². The summed E-state index contributed by atoms with van der Waals surface area (Å²) in [7, 11) is 0. The zero-order chi connectivity index (χ0) is 20.4. The van der Waals surface area contributed by atoms with E-state index in [1.165, 1.54) is 10.8 Å². The number of benzene rings is 5. The maximum atomic E-state index is 3.40. The Bertz CT molecular complexity index is 1130. The third-order valence-electron chi connectivity index (χ3n) is 4.65. The topological polar surface area (TPSA) is 24.1 Å². The summed E-state index contributed by atoms with van der Waals surface area (Å²) in [4.78, 5) is 0. The molecule has 2 heteroatoms. The first-order valence-electron chi connectivity index (χ1n) is 10.0. The van der Waals surface area contributed by atoms with Gasteiger partial charge in [0.1, 0.15) is 0 Å². The fourth-order valence-electron chi connectivity index (χ4n) is 3.16. The van der Waals surface area contributed by atoms with E-state index in [2.05, 4.69) is 65.2 Å². The Balaban J connectivity index is 0.000000151. The average molecular weight is 389 g/mol. The lowest BCUT2D eigenvalue weighted by molar-refractivity contribution is 1.55. The van der Waals surface area contributed by atoms with Gasteiger partial charge < -0.3 is 10.6 Å². The molecule has 5 aromatic carbocycles. The molecule has 2 nitrogen and oxygen atoms in total. The van der Waals surface area contributed by atoms with Crippen molar-refractivity contribution < 1.29 is 0 Å². The molecule has 0 fully saturated rings. The summed E-state index contributed by atoms with van der Waals surface area (Å²) in [6.45, 7) is 0. The van der Waals surface area contributed by atoms with Crippen LogP contribution in [0.15, 0.2) is 133 Å². The van der Waals surface area contributed by atoms with E-state index in [4.69, 9.17) is 0 Å². The molecule has 30 heavy (non-hydrogen) atoms. The largest absolute Gasteiger partial charge is 0.356 e. The molecular weight excluding hydrogens is 364 g/mol. The van der Waals surface area contributed by atoms with E-state index in [-0.39, 0.29) is 0 Å². The van der Waals surface area contributed by atoms with Crippen LogP contribution in [0.2, 0.25) is 0 Å². The Labute approximate surface area is 177 Å². The van der Waals surface area contributed by atoms with E-state index in [0.29, 0.717) is 0 Å². The summed E-state index contributed by atoms with van der Waals surface area (Å²) in [6, 6.07) is 45.3. The Morgan fingerprint density at radius 2 is 0.700 bits per heavy atom. The lowest BCUT2D eigenvalue weighted by atomic mass is 10.1. The summed E-state index contributed by atoms with van der Waals surface area (Å²) < 4.78 is 0. The number of hydrogen-bond donors (Lipinski definition) is 2. The van der Waals surface area contributed by atoms with Gasteiger partial charge in [0.05, 0.1) is 0 Å². The fourth-order valence-corrected chi connectivity index (χ4v) is 3.16. The monoisotopic (exact) mass is 388 g/mol. The molecule has 0 heterocycles. The summed E-state index contributed by atoms with van der Waals surface area (Å²) >= 11 is 0. The Morgan fingerprint density at radius 1 is 0.300 bits per heavy atom. The normalized spacial score (nSPS) is 10.0. The highest BCUT2D eigenvalue weighted by Crippen LogP contribution is 2.22. The van der Waals surface area contributed by atoms with Crippen molar-refractivity contribution in [2.24, 2.45) is 0 Å². The summed E-state index contributed by atoms with van der Waals surface area (Å²) in [5.41, 5.74) is 4.47. The SMILES string of the molecule is c1ccc(Nc2ccc3ccccc3c2)cc1.c1ccc(Nc2ccccc2)cc1. The summed E-state index contributed by atoms with van der Waals surface area (Å²) in [5, 5.41) is 9.23. The quantitative estimate of drug-likeness (QED) is 0.326. The fraction of sp³-hybridized carbons (Fsp3) is 0. The van der Waals surface area contributed by atoms with Crippen LogP contribution in [0.5, 0.6) is 0 Å². The number of fused-ring (bicyclic) bond motifs is 1. The standard InChI is InChI=1S/C16H13N.C12H11N/c1-2-8-15(9-3-1)17-16-11-10-13-6-4-5-7-14(13)12-16;1-3-7-11(8-4-1)13-12-9-5-2-6-10-12/h1-12,17H;1-10,13H. The van der Waals surface area contributed by atoms with Gasteiger partial charge in [-0.05, 0) is 59.3 Å². The van der Waals surface area contributed by atoms with Gasteiger partial charge in [-0.3, -0.25) is 0 Å². The minimum atomic E-state index is 1.11. The van der Waals surface area contributed by atoms with Crippen molar-refractivity contribution in [3.05, 3.63) is 133 Å². The molecule has 0 saturated carbocycles.